The van der Waals surface area contributed by atoms with E-state index in [0.29, 0.717) is 32.6 Å². The Labute approximate surface area is 195 Å². The van der Waals surface area contributed by atoms with Crippen LogP contribution in [-0.4, -0.2) is 77.1 Å². The van der Waals surface area contributed by atoms with Gasteiger partial charge in [-0.25, -0.2) is 0 Å². The SMILES string of the molecule is C=CC(=O)N1CCN(C(=O)CC2CC(C3CC(Cl)CCC3Cl)C(Cl)CC2OC)CC1. The third-order valence-electron chi connectivity index (χ3n) is 7.18. The molecule has 3 rings (SSSR count). The first-order valence-electron chi connectivity index (χ1n) is 11.0. The van der Waals surface area contributed by atoms with Gasteiger partial charge in [-0.2, -0.15) is 0 Å². The number of carbonyl (C=O) groups excluding carboxylic acids is 2. The number of amides is 2. The summed E-state index contributed by atoms with van der Waals surface area (Å²) < 4.78 is 5.73. The number of piperazine rings is 1. The molecule has 8 heteroatoms. The highest BCUT2D eigenvalue weighted by molar-refractivity contribution is 6.23. The molecular weight excluding hydrogens is 447 g/mol. The second-order valence-corrected chi connectivity index (χ2v) is 10.6. The average Bonchev–Trinajstić information content (AvgIpc) is 2.75. The van der Waals surface area contributed by atoms with Crippen LogP contribution >= 0.6 is 34.8 Å². The molecule has 0 spiro atoms. The van der Waals surface area contributed by atoms with Gasteiger partial charge in [0.1, 0.15) is 0 Å². The minimum atomic E-state index is -0.0782. The van der Waals surface area contributed by atoms with Crippen molar-refractivity contribution in [2.45, 2.75) is 60.8 Å². The van der Waals surface area contributed by atoms with Crippen molar-refractivity contribution in [2.75, 3.05) is 33.3 Å². The summed E-state index contributed by atoms with van der Waals surface area (Å²) in [5.74, 6) is 0.706. The van der Waals surface area contributed by atoms with Gasteiger partial charge in [0.25, 0.3) is 0 Å². The topological polar surface area (TPSA) is 49.9 Å². The highest BCUT2D eigenvalue weighted by Gasteiger charge is 2.44. The summed E-state index contributed by atoms with van der Waals surface area (Å²) in [6.07, 6.45) is 6.08. The lowest BCUT2D eigenvalue weighted by molar-refractivity contribution is -0.139. The maximum atomic E-state index is 13.0. The molecule has 1 heterocycles. The number of alkyl halides is 3. The van der Waals surface area contributed by atoms with Crippen molar-refractivity contribution in [2.24, 2.45) is 17.8 Å². The largest absolute Gasteiger partial charge is 0.381 e. The van der Waals surface area contributed by atoms with E-state index in [2.05, 4.69) is 6.58 Å². The summed E-state index contributed by atoms with van der Waals surface area (Å²) in [7, 11) is 1.70. The third kappa shape index (κ3) is 5.65. The van der Waals surface area contributed by atoms with Gasteiger partial charge in [-0.3, -0.25) is 9.59 Å². The standard InChI is InChI=1S/C22H33Cl3N2O3/c1-3-21(28)26-6-8-27(9-7-26)22(29)11-14-10-16(19(25)13-20(14)30-2)17-12-15(23)4-5-18(17)24/h3,14-20H,1,4-13H2,2H3. The monoisotopic (exact) mass is 478 g/mol. The molecule has 7 unspecified atom stereocenters. The van der Waals surface area contributed by atoms with Crippen LogP contribution in [0.1, 0.15) is 38.5 Å². The predicted octanol–water partition coefficient (Wildman–Crippen LogP) is 3.90. The molecule has 0 aromatic heterocycles. The lowest BCUT2D eigenvalue weighted by Gasteiger charge is -2.45. The van der Waals surface area contributed by atoms with Crippen LogP contribution in [-0.2, 0) is 14.3 Å². The van der Waals surface area contributed by atoms with Gasteiger partial charge in [0.05, 0.1) is 6.10 Å². The zero-order valence-corrected chi connectivity index (χ0v) is 19.9. The molecule has 3 aliphatic rings. The number of halogens is 3. The molecule has 0 bridgehead atoms. The Bertz CT molecular complexity index is 627. The molecule has 170 valence electrons. The smallest absolute Gasteiger partial charge is 0.246 e. The van der Waals surface area contributed by atoms with E-state index in [1.807, 2.05) is 4.90 Å². The normalized spacial score (nSPS) is 37.7. The molecule has 2 amide bonds. The number of hydrogen-bond donors (Lipinski definition) is 0. The van der Waals surface area contributed by atoms with Crippen LogP contribution < -0.4 is 0 Å². The first-order valence-corrected chi connectivity index (χ1v) is 12.3. The molecule has 0 aromatic rings. The molecule has 5 nitrogen and oxygen atoms in total. The van der Waals surface area contributed by atoms with E-state index in [1.54, 1.807) is 12.0 Å². The number of hydrogen-bond acceptors (Lipinski definition) is 3. The van der Waals surface area contributed by atoms with Gasteiger partial charge < -0.3 is 14.5 Å². The Hall–Kier alpha value is -0.490. The summed E-state index contributed by atoms with van der Waals surface area (Å²) in [5, 5.41) is 0.240. The van der Waals surface area contributed by atoms with Gasteiger partial charge in [0.2, 0.25) is 11.8 Å². The highest BCUT2D eigenvalue weighted by atomic mass is 35.5. The van der Waals surface area contributed by atoms with E-state index < -0.39 is 0 Å². The number of carbonyl (C=O) groups is 2. The van der Waals surface area contributed by atoms with E-state index in [1.165, 1.54) is 6.08 Å². The number of methoxy groups -OCH3 is 1. The molecule has 7 atom stereocenters. The first kappa shape index (κ1) is 24.2. The van der Waals surface area contributed by atoms with Gasteiger partial charge in [0, 0.05) is 55.8 Å². The summed E-state index contributed by atoms with van der Waals surface area (Å²) in [5.41, 5.74) is 0. The minimum Gasteiger partial charge on any atom is -0.381 e. The van der Waals surface area contributed by atoms with E-state index >= 15 is 0 Å². The summed E-state index contributed by atoms with van der Waals surface area (Å²) in [4.78, 5) is 28.4. The van der Waals surface area contributed by atoms with Crippen molar-refractivity contribution in [3.8, 4) is 0 Å². The lowest BCUT2D eigenvalue weighted by Crippen LogP contribution is -2.51. The fourth-order valence-electron chi connectivity index (χ4n) is 5.40. The molecule has 2 aliphatic carbocycles. The second kappa shape index (κ2) is 10.9. The number of ether oxygens (including phenoxy) is 1. The highest BCUT2D eigenvalue weighted by Crippen LogP contribution is 2.46. The van der Waals surface area contributed by atoms with Crippen molar-refractivity contribution >= 4 is 46.6 Å². The fourth-order valence-corrected chi connectivity index (χ4v) is 6.61. The zero-order chi connectivity index (χ0) is 21.8. The van der Waals surface area contributed by atoms with Crippen molar-refractivity contribution in [3.05, 3.63) is 12.7 Å². The van der Waals surface area contributed by atoms with Crippen LogP contribution in [0.5, 0.6) is 0 Å². The maximum absolute atomic E-state index is 13.0. The van der Waals surface area contributed by atoms with Crippen molar-refractivity contribution in [1.29, 1.82) is 0 Å². The molecule has 1 saturated heterocycles. The van der Waals surface area contributed by atoms with Crippen molar-refractivity contribution in [1.82, 2.24) is 9.80 Å². The molecule has 0 N–H and O–H groups in total. The Morgan fingerprint density at radius 2 is 1.60 bits per heavy atom. The molecule has 2 saturated carbocycles. The van der Waals surface area contributed by atoms with Gasteiger partial charge in [-0.15, -0.1) is 34.8 Å². The Morgan fingerprint density at radius 1 is 0.967 bits per heavy atom. The first-order chi connectivity index (χ1) is 14.3. The lowest BCUT2D eigenvalue weighted by atomic mass is 9.68. The molecule has 30 heavy (non-hydrogen) atoms. The maximum Gasteiger partial charge on any atom is 0.246 e. The Morgan fingerprint density at radius 3 is 2.23 bits per heavy atom. The second-order valence-electron chi connectivity index (χ2n) is 8.89. The van der Waals surface area contributed by atoms with E-state index in [0.717, 1.165) is 32.1 Å². The van der Waals surface area contributed by atoms with Crippen molar-refractivity contribution < 1.29 is 14.3 Å². The van der Waals surface area contributed by atoms with Crippen LogP contribution in [0.25, 0.3) is 0 Å². The summed E-state index contributed by atoms with van der Waals surface area (Å²) in [6, 6.07) is 0. The van der Waals surface area contributed by atoms with Crippen LogP contribution in [0.2, 0.25) is 0 Å². The quantitative estimate of drug-likeness (QED) is 0.444. The summed E-state index contributed by atoms with van der Waals surface area (Å²) in [6.45, 7) is 5.75. The molecular formula is C22H33Cl3N2O3. The van der Waals surface area contributed by atoms with Crippen LogP contribution in [0, 0.1) is 17.8 Å². The van der Waals surface area contributed by atoms with Crippen molar-refractivity contribution in [3.63, 3.8) is 0 Å². The van der Waals surface area contributed by atoms with Crippen LogP contribution in [0.15, 0.2) is 12.7 Å². The predicted molar refractivity (Wildman–Crippen MR) is 121 cm³/mol. The molecule has 0 radical (unpaired) electrons. The molecule has 3 fully saturated rings. The summed E-state index contributed by atoms with van der Waals surface area (Å²) >= 11 is 19.9. The van der Waals surface area contributed by atoms with E-state index in [9.17, 15) is 9.59 Å². The Balaban J connectivity index is 1.61. The van der Waals surface area contributed by atoms with Gasteiger partial charge in [-0.1, -0.05) is 6.58 Å². The third-order valence-corrected chi connectivity index (χ3v) is 8.62. The van der Waals surface area contributed by atoms with Crippen LogP contribution in [0.4, 0.5) is 0 Å². The zero-order valence-electron chi connectivity index (χ0n) is 17.7. The molecule has 1 aliphatic heterocycles. The Kier molecular flexibility index (Phi) is 8.77. The van der Waals surface area contributed by atoms with Crippen LogP contribution in [0.3, 0.4) is 0 Å². The minimum absolute atomic E-state index is 0.0111. The van der Waals surface area contributed by atoms with Gasteiger partial charge in [-0.05, 0) is 55.9 Å². The van der Waals surface area contributed by atoms with Gasteiger partial charge >= 0.3 is 0 Å². The molecule has 0 aromatic carbocycles. The number of nitrogens with zero attached hydrogens (tertiary/aromatic N) is 2. The average molecular weight is 480 g/mol. The number of rotatable bonds is 5. The van der Waals surface area contributed by atoms with E-state index in [-0.39, 0.29) is 51.8 Å². The van der Waals surface area contributed by atoms with Gasteiger partial charge in [0.15, 0.2) is 0 Å². The van der Waals surface area contributed by atoms with E-state index in [4.69, 9.17) is 39.5 Å². The fraction of sp³-hybridized carbons (Fsp3) is 0.818.